The summed E-state index contributed by atoms with van der Waals surface area (Å²) in [5, 5.41) is 0. The first kappa shape index (κ1) is 24.6. The van der Waals surface area contributed by atoms with Crippen LogP contribution in [0.25, 0.3) is 0 Å². The molecule has 168 valence electrons. The Kier molecular flexibility index (Phi) is 9.12. The highest BCUT2D eigenvalue weighted by molar-refractivity contribution is 6.22. The van der Waals surface area contributed by atoms with E-state index in [1.807, 2.05) is 0 Å². The molecule has 30 heavy (non-hydrogen) atoms. The average molecular weight is 414 g/mol. The van der Waals surface area contributed by atoms with Gasteiger partial charge in [-0.25, -0.2) is 4.90 Å². The van der Waals surface area contributed by atoms with Crippen molar-refractivity contribution in [3.8, 4) is 0 Å². The zero-order chi connectivity index (χ0) is 22.4. The molecule has 2 unspecified atom stereocenters. The molecule has 0 spiro atoms. The number of amides is 2. The second-order valence-corrected chi connectivity index (χ2v) is 9.40. The number of imide groups is 1. The molecule has 0 aromatic heterocycles. The van der Waals surface area contributed by atoms with Gasteiger partial charge in [0.2, 0.25) is 11.8 Å². The van der Waals surface area contributed by atoms with E-state index in [1.54, 1.807) is 4.90 Å². The Morgan fingerprint density at radius 2 is 0.933 bits per heavy atom. The number of hydrogen-bond acceptors (Lipinski definition) is 2. The molecule has 1 aliphatic heterocycles. The van der Waals surface area contributed by atoms with Gasteiger partial charge in [0.1, 0.15) is 0 Å². The highest BCUT2D eigenvalue weighted by atomic mass is 16.2. The molecule has 0 aliphatic carbocycles. The summed E-state index contributed by atoms with van der Waals surface area (Å²) in [5.41, 5.74) is 6.67. The van der Waals surface area contributed by atoms with E-state index in [4.69, 9.17) is 0 Å². The Hall–Kier alpha value is -1.64. The van der Waals surface area contributed by atoms with Crippen LogP contribution in [0.4, 0.5) is 5.69 Å². The van der Waals surface area contributed by atoms with Gasteiger partial charge >= 0.3 is 0 Å². The maximum atomic E-state index is 13.6. The van der Waals surface area contributed by atoms with Gasteiger partial charge in [-0.1, -0.05) is 65.2 Å². The third-order valence-corrected chi connectivity index (χ3v) is 7.48. The van der Waals surface area contributed by atoms with E-state index < -0.39 is 0 Å². The summed E-state index contributed by atoms with van der Waals surface area (Å²) in [6, 6.07) is 0. The Balaban J connectivity index is 2.37. The second-order valence-electron chi connectivity index (χ2n) is 9.40. The zero-order valence-electron chi connectivity index (χ0n) is 20.5. The van der Waals surface area contributed by atoms with Crippen molar-refractivity contribution in [1.29, 1.82) is 0 Å². The van der Waals surface area contributed by atoms with Crippen molar-refractivity contribution in [3.05, 3.63) is 27.8 Å². The van der Waals surface area contributed by atoms with Crippen molar-refractivity contribution < 1.29 is 9.59 Å². The number of hydrogen-bond donors (Lipinski definition) is 0. The fourth-order valence-corrected chi connectivity index (χ4v) is 5.05. The molecular weight excluding hydrogens is 370 g/mol. The molecule has 1 saturated heterocycles. The van der Waals surface area contributed by atoms with Gasteiger partial charge in [0, 0.05) is 0 Å². The van der Waals surface area contributed by atoms with Gasteiger partial charge < -0.3 is 0 Å². The highest BCUT2D eigenvalue weighted by Gasteiger charge is 2.48. The second kappa shape index (κ2) is 11.1. The summed E-state index contributed by atoms with van der Waals surface area (Å²) in [4.78, 5) is 28.8. The lowest BCUT2D eigenvalue weighted by Gasteiger charge is -2.25. The molecule has 0 bridgehead atoms. The fraction of sp³-hybridized carbons (Fsp3) is 0.704. The van der Waals surface area contributed by atoms with Gasteiger partial charge in [0.25, 0.3) is 0 Å². The lowest BCUT2D eigenvalue weighted by molar-refractivity contribution is -0.122. The van der Waals surface area contributed by atoms with Crippen molar-refractivity contribution >= 4 is 17.5 Å². The number of unbranched alkanes of at least 4 members (excludes halogenated alkanes) is 6. The topological polar surface area (TPSA) is 37.4 Å². The van der Waals surface area contributed by atoms with Crippen molar-refractivity contribution in [1.82, 2.24) is 0 Å². The largest absolute Gasteiger partial charge is 0.274 e. The molecule has 1 aliphatic rings. The van der Waals surface area contributed by atoms with Crippen LogP contribution in [0, 0.1) is 46.5 Å². The minimum absolute atomic E-state index is 0.0471. The van der Waals surface area contributed by atoms with Crippen molar-refractivity contribution in [2.45, 2.75) is 113 Å². The van der Waals surface area contributed by atoms with Crippen LogP contribution < -0.4 is 4.90 Å². The number of anilines is 1. The van der Waals surface area contributed by atoms with Gasteiger partial charge in [-0.15, -0.1) is 0 Å². The summed E-state index contributed by atoms with van der Waals surface area (Å²) in [7, 11) is 0. The van der Waals surface area contributed by atoms with E-state index in [9.17, 15) is 9.59 Å². The molecule has 3 nitrogen and oxygen atoms in total. The fourth-order valence-electron chi connectivity index (χ4n) is 5.05. The minimum Gasteiger partial charge on any atom is -0.274 e. The maximum Gasteiger partial charge on any atom is 0.237 e. The average Bonchev–Trinajstić information content (AvgIpc) is 2.96. The molecule has 2 amide bonds. The first-order chi connectivity index (χ1) is 14.3. The Morgan fingerprint density at radius 3 is 1.30 bits per heavy atom. The molecule has 1 aromatic carbocycles. The van der Waals surface area contributed by atoms with Crippen LogP contribution in [0.3, 0.4) is 0 Å². The highest BCUT2D eigenvalue weighted by Crippen LogP contribution is 2.41. The van der Waals surface area contributed by atoms with Gasteiger partial charge in [-0.2, -0.15) is 0 Å². The zero-order valence-corrected chi connectivity index (χ0v) is 20.5. The third kappa shape index (κ3) is 4.98. The molecule has 1 fully saturated rings. The number of nitrogens with zero attached hydrogens (tertiary/aromatic N) is 1. The van der Waals surface area contributed by atoms with Crippen molar-refractivity contribution in [2.24, 2.45) is 11.8 Å². The van der Waals surface area contributed by atoms with E-state index in [-0.39, 0.29) is 23.7 Å². The molecule has 1 heterocycles. The maximum absolute atomic E-state index is 13.6. The lowest BCUT2D eigenvalue weighted by Crippen LogP contribution is -2.33. The number of rotatable bonds is 11. The number of carbonyl (C=O) groups excluding carboxylic acids is 2. The third-order valence-electron chi connectivity index (χ3n) is 7.48. The molecule has 2 rings (SSSR count). The van der Waals surface area contributed by atoms with Gasteiger partial charge in [-0.3, -0.25) is 9.59 Å². The first-order valence-electron chi connectivity index (χ1n) is 12.2. The first-order valence-corrected chi connectivity index (χ1v) is 12.2. The SMILES string of the molecule is CCCCCCC1C(=O)N(c2c(C)c(C)c(C)c(C)c2C)C(=O)C1CCCCCC. The minimum atomic E-state index is -0.142. The standard InChI is InChI=1S/C27H43NO2/c1-8-10-12-14-16-23-24(17-15-13-11-9-2)27(30)28(26(23)29)25-21(6)19(4)18(3)20(5)22(25)7/h23-24H,8-17H2,1-7H3. The van der Waals surface area contributed by atoms with E-state index in [0.717, 1.165) is 55.3 Å². The molecule has 0 saturated carbocycles. The summed E-state index contributed by atoms with van der Waals surface area (Å²) < 4.78 is 0. The Morgan fingerprint density at radius 1 is 0.567 bits per heavy atom. The molecule has 0 N–H and O–H groups in total. The van der Waals surface area contributed by atoms with Gasteiger partial charge in [-0.05, 0) is 75.3 Å². The van der Waals surface area contributed by atoms with E-state index >= 15 is 0 Å². The molecule has 3 heteroatoms. The van der Waals surface area contributed by atoms with E-state index in [0.29, 0.717) is 0 Å². The smallest absolute Gasteiger partial charge is 0.237 e. The van der Waals surface area contributed by atoms with Crippen molar-refractivity contribution in [3.63, 3.8) is 0 Å². The summed E-state index contributed by atoms with van der Waals surface area (Å²) in [5.74, 6) is -0.190. The van der Waals surface area contributed by atoms with Gasteiger partial charge in [0.15, 0.2) is 0 Å². The normalized spacial score (nSPS) is 19.2. The van der Waals surface area contributed by atoms with Crippen LogP contribution in [0.15, 0.2) is 0 Å². The predicted octanol–water partition coefficient (Wildman–Crippen LogP) is 7.28. The monoisotopic (exact) mass is 413 g/mol. The molecule has 1 aromatic rings. The molecular formula is C27H43NO2. The Labute approximate surface area is 184 Å². The Bertz CT molecular complexity index is 706. The van der Waals surface area contributed by atoms with Crippen LogP contribution in [-0.4, -0.2) is 11.8 Å². The quantitative estimate of drug-likeness (QED) is 0.282. The van der Waals surface area contributed by atoms with Crippen LogP contribution in [0.1, 0.15) is 106 Å². The molecule has 2 atom stereocenters. The van der Waals surface area contributed by atoms with Crippen LogP contribution in [0.5, 0.6) is 0 Å². The summed E-state index contributed by atoms with van der Waals surface area (Å²) in [6.45, 7) is 14.9. The van der Waals surface area contributed by atoms with Crippen LogP contribution in [-0.2, 0) is 9.59 Å². The summed E-state index contributed by atoms with van der Waals surface area (Å²) in [6.07, 6.45) is 10.9. The predicted molar refractivity (Wildman–Crippen MR) is 127 cm³/mol. The van der Waals surface area contributed by atoms with E-state index in [1.165, 1.54) is 42.4 Å². The van der Waals surface area contributed by atoms with Crippen molar-refractivity contribution in [2.75, 3.05) is 4.90 Å². The number of benzene rings is 1. The molecule has 0 radical (unpaired) electrons. The number of carbonyl (C=O) groups is 2. The van der Waals surface area contributed by atoms with Crippen LogP contribution >= 0.6 is 0 Å². The van der Waals surface area contributed by atoms with Crippen LogP contribution in [0.2, 0.25) is 0 Å². The summed E-state index contributed by atoms with van der Waals surface area (Å²) >= 11 is 0. The lowest BCUT2D eigenvalue weighted by atomic mass is 9.86. The van der Waals surface area contributed by atoms with Gasteiger partial charge in [0.05, 0.1) is 17.5 Å². The van der Waals surface area contributed by atoms with E-state index in [2.05, 4.69) is 48.5 Å².